The Hall–Kier alpha value is -2.06. The number of hydrogen-bond donors (Lipinski definition) is 1. The van der Waals surface area contributed by atoms with Crippen LogP contribution in [-0.2, 0) is 14.4 Å². The molecule has 1 fully saturated rings. The van der Waals surface area contributed by atoms with Gasteiger partial charge in [-0.25, -0.2) is 0 Å². The molecule has 1 N–H and O–H groups in total. The van der Waals surface area contributed by atoms with Gasteiger partial charge in [0.25, 0.3) is 0 Å². The summed E-state index contributed by atoms with van der Waals surface area (Å²) in [6.45, 7) is 5.71. The first-order valence-corrected chi connectivity index (χ1v) is 6.73. The van der Waals surface area contributed by atoms with Gasteiger partial charge in [-0.3, -0.25) is 14.4 Å². The number of likely N-dealkylation sites (tertiary alicyclic amines) is 1. The molecule has 0 saturated carbocycles. The van der Waals surface area contributed by atoms with Crippen LogP contribution in [0.3, 0.4) is 0 Å². The van der Waals surface area contributed by atoms with Gasteiger partial charge >= 0.3 is 12.1 Å². The van der Waals surface area contributed by atoms with Gasteiger partial charge in [-0.15, -0.1) is 0 Å². The van der Waals surface area contributed by atoms with Gasteiger partial charge in [0.1, 0.15) is 0 Å². The molecule has 1 rings (SSSR count). The van der Waals surface area contributed by atoms with E-state index in [1.54, 1.807) is 12.2 Å². The lowest BCUT2D eigenvalue weighted by molar-refractivity contribution is -0.174. The minimum Gasteiger partial charge on any atom is -0.348 e. The number of carbonyl (C=O) groups is 3. The Morgan fingerprint density at radius 2 is 1.95 bits per heavy atom. The molecule has 6 nitrogen and oxygen atoms in total. The minimum atomic E-state index is -4.90. The van der Waals surface area contributed by atoms with Crippen LogP contribution in [0.25, 0.3) is 0 Å². The van der Waals surface area contributed by atoms with Crippen LogP contribution >= 0.6 is 0 Å². The molecule has 1 aliphatic rings. The number of nitrogens with zero attached hydrogens (tertiary/aromatic N) is 2. The first kappa shape index (κ1) is 18.0. The van der Waals surface area contributed by atoms with Gasteiger partial charge < -0.3 is 15.1 Å². The predicted molar refractivity (Wildman–Crippen MR) is 71.6 cm³/mol. The summed E-state index contributed by atoms with van der Waals surface area (Å²) in [5.74, 6) is -2.83. The Kier molecular flexibility index (Phi) is 5.95. The Balaban J connectivity index is 2.32. The van der Waals surface area contributed by atoms with Crippen LogP contribution in [0.2, 0.25) is 0 Å². The standard InChI is InChI=1S/C13H18F3N3O3/c1-3-10(20)18(4-2)8-11(21)19-6-9(7-19)5-17-12(22)13(14,15)16/h3,9H,1,4-8H2,2H3,(H,17,22). The van der Waals surface area contributed by atoms with E-state index in [-0.39, 0.29) is 43.9 Å². The zero-order chi connectivity index (χ0) is 16.9. The van der Waals surface area contributed by atoms with Crippen LogP contribution < -0.4 is 5.32 Å². The zero-order valence-corrected chi connectivity index (χ0v) is 12.2. The normalized spacial score (nSPS) is 15.0. The van der Waals surface area contributed by atoms with Gasteiger partial charge in [-0.05, 0) is 13.0 Å². The first-order chi connectivity index (χ1) is 10.2. The molecule has 22 heavy (non-hydrogen) atoms. The molecular weight excluding hydrogens is 303 g/mol. The maximum Gasteiger partial charge on any atom is 0.471 e. The lowest BCUT2D eigenvalue weighted by atomic mass is 10.00. The second kappa shape index (κ2) is 7.28. The summed E-state index contributed by atoms with van der Waals surface area (Å²) in [5, 5.41) is 1.78. The van der Waals surface area contributed by atoms with Gasteiger partial charge in [-0.2, -0.15) is 13.2 Å². The van der Waals surface area contributed by atoms with Gasteiger partial charge in [0.15, 0.2) is 0 Å². The van der Waals surface area contributed by atoms with E-state index in [0.717, 1.165) is 6.08 Å². The first-order valence-electron chi connectivity index (χ1n) is 6.73. The summed E-state index contributed by atoms with van der Waals surface area (Å²) in [5.41, 5.74) is 0. The van der Waals surface area contributed by atoms with E-state index in [2.05, 4.69) is 6.58 Å². The van der Waals surface area contributed by atoms with Crippen molar-refractivity contribution in [3.05, 3.63) is 12.7 Å². The largest absolute Gasteiger partial charge is 0.471 e. The molecule has 0 spiro atoms. The summed E-state index contributed by atoms with van der Waals surface area (Å²) in [7, 11) is 0. The summed E-state index contributed by atoms with van der Waals surface area (Å²) in [6, 6.07) is 0. The molecule has 1 aliphatic heterocycles. The number of halogens is 3. The fourth-order valence-electron chi connectivity index (χ4n) is 1.98. The lowest BCUT2D eigenvalue weighted by Gasteiger charge is -2.40. The number of rotatable bonds is 6. The summed E-state index contributed by atoms with van der Waals surface area (Å²) in [4.78, 5) is 36.7. The predicted octanol–water partition coefficient (Wildman–Crippen LogP) is 0.158. The zero-order valence-electron chi connectivity index (χ0n) is 12.2. The van der Waals surface area contributed by atoms with E-state index in [1.807, 2.05) is 0 Å². The Morgan fingerprint density at radius 3 is 2.41 bits per heavy atom. The molecule has 0 bridgehead atoms. The molecule has 124 valence electrons. The van der Waals surface area contributed by atoms with Gasteiger partial charge in [0, 0.05) is 32.1 Å². The number of carbonyl (C=O) groups excluding carboxylic acids is 3. The number of hydrogen-bond acceptors (Lipinski definition) is 3. The highest BCUT2D eigenvalue weighted by atomic mass is 19.4. The molecule has 0 aromatic rings. The maximum absolute atomic E-state index is 12.0. The van der Waals surface area contributed by atoms with Crippen molar-refractivity contribution in [3.8, 4) is 0 Å². The van der Waals surface area contributed by atoms with Crippen molar-refractivity contribution in [2.45, 2.75) is 13.1 Å². The van der Waals surface area contributed by atoms with Gasteiger partial charge in [0.05, 0.1) is 6.54 Å². The van der Waals surface area contributed by atoms with E-state index in [9.17, 15) is 27.6 Å². The molecule has 3 amide bonds. The third-order valence-electron chi connectivity index (χ3n) is 3.31. The molecule has 0 unspecified atom stereocenters. The third kappa shape index (κ3) is 4.74. The van der Waals surface area contributed by atoms with Crippen molar-refractivity contribution < 1.29 is 27.6 Å². The number of amides is 3. The minimum absolute atomic E-state index is 0.0943. The van der Waals surface area contributed by atoms with Crippen LogP contribution in [0.1, 0.15) is 6.92 Å². The average Bonchev–Trinajstić information content (AvgIpc) is 2.40. The molecule has 9 heteroatoms. The van der Waals surface area contributed by atoms with Crippen LogP contribution in [0.4, 0.5) is 13.2 Å². The Bertz CT molecular complexity index is 459. The Labute approximate surface area is 125 Å². The van der Waals surface area contributed by atoms with Crippen molar-refractivity contribution in [1.29, 1.82) is 0 Å². The molecule has 0 aliphatic carbocycles. The van der Waals surface area contributed by atoms with E-state index < -0.39 is 12.1 Å². The topological polar surface area (TPSA) is 69.7 Å². The second-order valence-electron chi connectivity index (χ2n) is 4.93. The highest BCUT2D eigenvalue weighted by Gasteiger charge is 2.39. The molecule has 1 saturated heterocycles. The van der Waals surface area contributed by atoms with Crippen molar-refractivity contribution in [3.63, 3.8) is 0 Å². The smallest absolute Gasteiger partial charge is 0.348 e. The molecule has 0 radical (unpaired) electrons. The van der Waals surface area contributed by atoms with E-state index in [4.69, 9.17) is 0 Å². The number of alkyl halides is 3. The molecule has 0 aromatic heterocycles. The maximum atomic E-state index is 12.0. The lowest BCUT2D eigenvalue weighted by Crippen LogP contribution is -2.56. The SMILES string of the molecule is C=CC(=O)N(CC)CC(=O)N1CC(CNC(=O)C(F)(F)F)C1. The summed E-state index contributed by atoms with van der Waals surface area (Å²) < 4.78 is 36.0. The van der Waals surface area contributed by atoms with Crippen LogP contribution in [0.5, 0.6) is 0 Å². The average molecular weight is 321 g/mol. The van der Waals surface area contributed by atoms with Crippen molar-refractivity contribution in [2.75, 3.05) is 32.7 Å². The van der Waals surface area contributed by atoms with E-state index in [0.29, 0.717) is 6.54 Å². The second-order valence-corrected chi connectivity index (χ2v) is 4.93. The highest BCUT2D eigenvalue weighted by Crippen LogP contribution is 2.17. The fourth-order valence-corrected chi connectivity index (χ4v) is 1.98. The van der Waals surface area contributed by atoms with E-state index in [1.165, 1.54) is 9.80 Å². The highest BCUT2D eigenvalue weighted by molar-refractivity contribution is 5.91. The van der Waals surface area contributed by atoms with Crippen molar-refractivity contribution in [1.82, 2.24) is 15.1 Å². The third-order valence-corrected chi connectivity index (χ3v) is 3.31. The molecule has 0 atom stereocenters. The van der Waals surface area contributed by atoms with Gasteiger partial charge in [0.2, 0.25) is 11.8 Å². The number of nitrogens with one attached hydrogen (secondary N) is 1. The monoisotopic (exact) mass is 321 g/mol. The van der Waals surface area contributed by atoms with Crippen LogP contribution in [-0.4, -0.2) is 66.4 Å². The van der Waals surface area contributed by atoms with Gasteiger partial charge in [-0.1, -0.05) is 6.58 Å². The van der Waals surface area contributed by atoms with E-state index >= 15 is 0 Å². The van der Waals surface area contributed by atoms with Crippen molar-refractivity contribution in [2.24, 2.45) is 5.92 Å². The molecular formula is C13H18F3N3O3. The van der Waals surface area contributed by atoms with Crippen LogP contribution in [0, 0.1) is 5.92 Å². The molecule has 1 heterocycles. The van der Waals surface area contributed by atoms with Crippen molar-refractivity contribution >= 4 is 17.7 Å². The van der Waals surface area contributed by atoms with Crippen LogP contribution in [0.15, 0.2) is 12.7 Å². The summed E-state index contributed by atoms with van der Waals surface area (Å²) >= 11 is 0. The molecule has 0 aromatic carbocycles. The summed E-state index contributed by atoms with van der Waals surface area (Å²) in [6.07, 6.45) is -3.78. The fraction of sp³-hybridized carbons (Fsp3) is 0.615. The quantitative estimate of drug-likeness (QED) is 0.709. The Morgan fingerprint density at radius 1 is 1.36 bits per heavy atom. The number of likely N-dealkylation sites (N-methyl/N-ethyl adjacent to an activating group) is 1.